The smallest absolute Gasteiger partial charge is 0.329 e. The number of anilines is 2. The van der Waals surface area contributed by atoms with Gasteiger partial charge in [-0.3, -0.25) is 4.79 Å². The maximum Gasteiger partial charge on any atom is 0.329 e. The van der Waals surface area contributed by atoms with Crippen molar-refractivity contribution in [3.05, 3.63) is 36.3 Å². The van der Waals surface area contributed by atoms with Crippen molar-refractivity contribution in [3.63, 3.8) is 0 Å². The van der Waals surface area contributed by atoms with Gasteiger partial charge in [-0.1, -0.05) is 6.07 Å². The van der Waals surface area contributed by atoms with E-state index >= 15 is 0 Å². The zero-order chi connectivity index (χ0) is 17.1. The Morgan fingerprint density at radius 2 is 2.29 bits per heavy atom. The summed E-state index contributed by atoms with van der Waals surface area (Å²) in [5.41, 5.74) is 1.19. The summed E-state index contributed by atoms with van der Waals surface area (Å²) in [7, 11) is 0. The fourth-order valence-electron chi connectivity index (χ4n) is 2.16. The molecule has 1 saturated heterocycles. The predicted molar refractivity (Wildman–Crippen MR) is 83.3 cm³/mol. The molecule has 3 amide bonds. The molecule has 2 aromatic rings. The lowest BCUT2D eigenvalue weighted by atomic mass is 10.2. The van der Waals surface area contributed by atoms with Crippen LogP contribution in [-0.2, 0) is 4.79 Å². The molecule has 1 fully saturated rings. The fraction of sp³-hybridized carbons (Fsp3) is 0.143. The van der Waals surface area contributed by atoms with Crippen molar-refractivity contribution in [1.82, 2.24) is 25.9 Å². The Morgan fingerprint density at radius 1 is 1.46 bits per heavy atom. The van der Waals surface area contributed by atoms with Crippen molar-refractivity contribution in [2.45, 2.75) is 13.0 Å². The molecule has 0 saturated carbocycles. The van der Waals surface area contributed by atoms with Gasteiger partial charge >= 0.3 is 6.03 Å². The molecule has 0 radical (unpaired) electrons. The summed E-state index contributed by atoms with van der Waals surface area (Å²) in [5.74, 6) is -0.165. The lowest BCUT2D eigenvalue weighted by Gasteiger charge is -2.13. The molecule has 10 nitrogen and oxygen atoms in total. The van der Waals surface area contributed by atoms with Gasteiger partial charge in [0.15, 0.2) is 0 Å². The second kappa shape index (κ2) is 6.17. The van der Waals surface area contributed by atoms with Crippen LogP contribution in [0.4, 0.5) is 16.2 Å². The average Bonchev–Trinajstić information content (AvgIpc) is 3.18. The van der Waals surface area contributed by atoms with Gasteiger partial charge in [-0.2, -0.15) is 10.5 Å². The Balaban J connectivity index is 1.83. The van der Waals surface area contributed by atoms with Crippen LogP contribution in [0.5, 0.6) is 0 Å². The third kappa shape index (κ3) is 2.78. The van der Waals surface area contributed by atoms with Gasteiger partial charge in [-0.05, 0) is 30.3 Å². The van der Waals surface area contributed by atoms with E-state index in [1.807, 2.05) is 6.07 Å². The topological polar surface area (TPSA) is 140 Å². The Labute approximate surface area is 136 Å². The molecular weight excluding hydrogens is 312 g/mol. The number of tetrazole rings is 1. The Hall–Kier alpha value is -3.74. The van der Waals surface area contributed by atoms with Crippen LogP contribution in [0.3, 0.4) is 0 Å². The van der Waals surface area contributed by atoms with Gasteiger partial charge < -0.3 is 10.6 Å². The molecule has 24 heavy (non-hydrogen) atoms. The third-order valence-corrected chi connectivity index (χ3v) is 3.33. The van der Waals surface area contributed by atoms with Gasteiger partial charge in [-0.25, -0.2) is 9.69 Å². The number of aromatic amines is 1. The molecule has 1 atom stereocenters. The summed E-state index contributed by atoms with van der Waals surface area (Å²) in [6, 6.07) is 7.61. The van der Waals surface area contributed by atoms with E-state index in [-0.39, 0.29) is 17.3 Å². The van der Waals surface area contributed by atoms with Crippen LogP contribution in [0.15, 0.2) is 30.5 Å². The molecule has 1 unspecified atom stereocenters. The highest BCUT2D eigenvalue weighted by atomic mass is 16.2. The first kappa shape index (κ1) is 15.2. The molecule has 3 N–H and O–H groups in total. The van der Waals surface area contributed by atoms with Gasteiger partial charge in [-0.15, -0.1) is 10.2 Å². The second-order valence-corrected chi connectivity index (χ2v) is 4.94. The van der Waals surface area contributed by atoms with Gasteiger partial charge in [0.05, 0.1) is 5.69 Å². The number of amides is 3. The molecule has 2 heterocycles. The number of carbonyl (C=O) groups excluding carboxylic acids is 2. The van der Waals surface area contributed by atoms with E-state index in [0.717, 1.165) is 4.90 Å². The molecule has 0 spiro atoms. The van der Waals surface area contributed by atoms with E-state index in [1.165, 1.54) is 6.20 Å². The van der Waals surface area contributed by atoms with E-state index in [9.17, 15) is 9.59 Å². The van der Waals surface area contributed by atoms with Crippen molar-refractivity contribution < 1.29 is 9.59 Å². The van der Waals surface area contributed by atoms with Gasteiger partial charge in [0.2, 0.25) is 5.82 Å². The number of carbonyl (C=O) groups is 2. The monoisotopic (exact) mass is 324 g/mol. The second-order valence-electron chi connectivity index (χ2n) is 4.94. The molecule has 0 aliphatic carbocycles. The minimum absolute atomic E-state index is 0.157. The van der Waals surface area contributed by atoms with E-state index in [2.05, 4.69) is 31.3 Å². The van der Waals surface area contributed by atoms with Gasteiger partial charge in [0.25, 0.3) is 5.91 Å². The highest BCUT2D eigenvalue weighted by Crippen LogP contribution is 2.23. The van der Waals surface area contributed by atoms with E-state index in [4.69, 9.17) is 5.26 Å². The SMILES string of the molecule is CC1NC(=O)N(c2cccc(NC=C(C#N)c3nn[nH]n3)c2)C1=O. The predicted octanol–water partition coefficient (Wildman–Crippen LogP) is 0.621. The van der Waals surface area contributed by atoms with Crippen LogP contribution in [-0.4, -0.2) is 38.6 Å². The normalized spacial score (nSPS) is 17.6. The molecular formula is C14H12N8O2. The molecule has 1 aromatic carbocycles. The number of nitrogens with zero attached hydrogens (tertiary/aromatic N) is 5. The van der Waals surface area contributed by atoms with Crippen molar-refractivity contribution >= 4 is 28.9 Å². The molecule has 3 rings (SSSR count). The number of hydrogen-bond donors (Lipinski definition) is 3. The van der Waals surface area contributed by atoms with Crippen molar-refractivity contribution in [2.75, 3.05) is 10.2 Å². The van der Waals surface area contributed by atoms with E-state index in [0.29, 0.717) is 11.4 Å². The summed E-state index contributed by atoms with van der Waals surface area (Å²) in [6.45, 7) is 1.62. The standard InChI is InChI=1S/C14H12N8O2/c1-8-13(23)22(14(24)17-8)11-4-2-3-10(5-11)16-7-9(6-15)12-18-20-21-19-12/h2-5,7-8,16H,1H3,(H,17,24)(H,18,19,20,21). The molecule has 1 aliphatic heterocycles. The number of hydrogen-bond acceptors (Lipinski definition) is 7. The molecule has 1 aliphatic rings. The number of nitriles is 1. The van der Waals surface area contributed by atoms with Gasteiger partial charge in [0.1, 0.15) is 17.7 Å². The van der Waals surface area contributed by atoms with Crippen molar-refractivity contribution in [1.29, 1.82) is 5.26 Å². The average molecular weight is 324 g/mol. The number of rotatable bonds is 4. The summed E-state index contributed by atoms with van der Waals surface area (Å²) < 4.78 is 0. The Kier molecular flexibility index (Phi) is 3.90. The molecule has 120 valence electrons. The summed E-state index contributed by atoms with van der Waals surface area (Å²) in [4.78, 5) is 25.0. The lowest BCUT2D eigenvalue weighted by Crippen LogP contribution is -2.30. The Morgan fingerprint density at radius 3 is 2.92 bits per heavy atom. The van der Waals surface area contributed by atoms with Crippen molar-refractivity contribution in [3.8, 4) is 6.07 Å². The van der Waals surface area contributed by atoms with Crippen LogP contribution in [0, 0.1) is 11.3 Å². The third-order valence-electron chi connectivity index (χ3n) is 3.33. The largest absolute Gasteiger partial charge is 0.360 e. The number of urea groups is 1. The van der Waals surface area contributed by atoms with Gasteiger partial charge in [0, 0.05) is 11.9 Å². The molecule has 10 heteroatoms. The van der Waals surface area contributed by atoms with Crippen LogP contribution in [0.25, 0.3) is 5.57 Å². The minimum Gasteiger partial charge on any atom is -0.360 e. The highest BCUT2D eigenvalue weighted by molar-refractivity contribution is 6.21. The van der Waals surface area contributed by atoms with Crippen LogP contribution < -0.4 is 15.5 Å². The Bertz CT molecular complexity index is 852. The number of benzene rings is 1. The lowest BCUT2D eigenvalue weighted by molar-refractivity contribution is -0.117. The zero-order valence-corrected chi connectivity index (χ0v) is 12.5. The first-order chi connectivity index (χ1) is 11.6. The van der Waals surface area contributed by atoms with Crippen LogP contribution in [0.2, 0.25) is 0 Å². The summed E-state index contributed by atoms with van der Waals surface area (Å²) in [5, 5.41) is 27.7. The number of aromatic nitrogens is 4. The van der Waals surface area contributed by atoms with Crippen LogP contribution in [0.1, 0.15) is 12.7 Å². The van der Waals surface area contributed by atoms with E-state index in [1.54, 1.807) is 31.2 Å². The molecule has 0 bridgehead atoms. The number of H-pyrrole nitrogens is 1. The zero-order valence-electron chi connectivity index (χ0n) is 12.5. The highest BCUT2D eigenvalue weighted by Gasteiger charge is 2.36. The summed E-state index contributed by atoms with van der Waals surface area (Å²) >= 11 is 0. The number of imide groups is 1. The fourth-order valence-corrected chi connectivity index (χ4v) is 2.16. The first-order valence-electron chi connectivity index (χ1n) is 6.95. The maximum atomic E-state index is 12.0. The molecule has 1 aromatic heterocycles. The maximum absolute atomic E-state index is 12.0. The van der Waals surface area contributed by atoms with Crippen LogP contribution >= 0.6 is 0 Å². The number of allylic oxidation sites excluding steroid dienone is 1. The van der Waals surface area contributed by atoms with E-state index < -0.39 is 12.1 Å². The van der Waals surface area contributed by atoms with Crippen molar-refractivity contribution in [2.24, 2.45) is 0 Å². The quantitative estimate of drug-likeness (QED) is 0.553. The number of nitrogens with one attached hydrogen (secondary N) is 3. The minimum atomic E-state index is -0.558. The first-order valence-corrected chi connectivity index (χ1v) is 6.95. The summed E-state index contributed by atoms with van der Waals surface area (Å²) in [6.07, 6.45) is 1.42.